The fourth-order valence-electron chi connectivity index (χ4n) is 7.12. The van der Waals surface area contributed by atoms with E-state index in [4.69, 9.17) is 9.47 Å². The van der Waals surface area contributed by atoms with Crippen molar-refractivity contribution in [3.05, 3.63) is 36.0 Å². The van der Waals surface area contributed by atoms with Crippen molar-refractivity contribution in [2.75, 3.05) is 37.7 Å². The highest BCUT2D eigenvalue weighted by Gasteiger charge is 2.62. The van der Waals surface area contributed by atoms with Crippen LogP contribution in [0.25, 0.3) is 0 Å². The van der Waals surface area contributed by atoms with Crippen molar-refractivity contribution in [2.45, 2.75) is 113 Å². The second-order valence-corrected chi connectivity index (χ2v) is 17.6. The van der Waals surface area contributed by atoms with E-state index in [-0.39, 0.29) is 19.4 Å². The molecule has 4 heterocycles. The number of morpholine rings is 1. The Morgan fingerprint density at radius 1 is 1.04 bits per heavy atom. The van der Waals surface area contributed by atoms with Crippen LogP contribution in [0.5, 0.6) is 0 Å². The molecule has 6 rings (SSSR count). The zero-order valence-electron chi connectivity index (χ0n) is 30.6. The number of amides is 5. The van der Waals surface area contributed by atoms with Gasteiger partial charge in [-0.3, -0.25) is 23.9 Å². The topological polar surface area (TPSA) is 205 Å². The SMILES string of the molecule is CC(C)(C)OC(=O)N[C@H]1CCCCCC=C[C@@H]2C[C@@]2(C(=O)NS(=O)(=O)C2CC2)NC(=O)[C@@H]2C[C@@H](NC(=O)c3ccc(N4CCOCC4)nc3)CN2C1=O. The molecule has 3 aliphatic heterocycles. The predicted molar refractivity (Wildman–Crippen MR) is 193 cm³/mol. The third-order valence-corrected chi connectivity index (χ3v) is 12.1. The molecule has 53 heavy (non-hydrogen) atoms. The van der Waals surface area contributed by atoms with Gasteiger partial charge in [-0.05, 0) is 77.8 Å². The van der Waals surface area contributed by atoms with E-state index in [1.807, 2.05) is 12.2 Å². The van der Waals surface area contributed by atoms with Crippen LogP contribution in [0.15, 0.2) is 30.5 Å². The van der Waals surface area contributed by atoms with Gasteiger partial charge in [0.25, 0.3) is 11.8 Å². The monoisotopic (exact) mass is 757 g/mol. The summed E-state index contributed by atoms with van der Waals surface area (Å²) in [5.74, 6) is -2.16. The Hall–Kier alpha value is -4.25. The minimum Gasteiger partial charge on any atom is -0.444 e. The van der Waals surface area contributed by atoms with Crippen molar-refractivity contribution in [3.63, 3.8) is 0 Å². The summed E-state index contributed by atoms with van der Waals surface area (Å²) in [6.45, 7) is 7.65. The molecule has 5 aliphatic rings. The van der Waals surface area contributed by atoms with Gasteiger partial charge in [0.2, 0.25) is 21.8 Å². The average Bonchev–Trinajstić information content (AvgIpc) is 4.03. The number of hydrogen-bond donors (Lipinski definition) is 4. The predicted octanol–water partition coefficient (Wildman–Crippen LogP) is 1.51. The Bertz CT molecular complexity index is 1700. The smallest absolute Gasteiger partial charge is 0.408 e. The van der Waals surface area contributed by atoms with E-state index < -0.39 is 80.2 Å². The van der Waals surface area contributed by atoms with Crippen LogP contribution in [-0.4, -0.2) is 115 Å². The molecular formula is C36H51N7O9S. The maximum Gasteiger partial charge on any atom is 0.408 e. The molecule has 5 amide bonds. The van der Waals surface area contributed by atoms with Gasteiger partial charge in [0.15, 0.2) is 0 Å². The second kappa shape index (κ2) is 15.6. The summed E-state index contributed by atoms with van der Waals surface area (Å²) >= 11 is 0. The number of allylic oxidation sites excluding steroid dienone is 1. The van der Waals surface area contributed by atoms with Crippen molar-refractivity contribution >= 4 is 45.6 Å². The molecule has 1 aromatic heterocycles. The summed E-state index contributed by atoms with van der Waals surface area (Å²) in [6.07, 6.45) is 8.71. The molecule has 0 bridgehead atoms. The first-order chi connectivity index (χ1) is 25.1. The molecule has 5 atom stereocenters. The normalized spacial score (nSPS) is 28.4. The molecule has 4 N–H and O–H groups in total. The number of pyridine rings is 1. The molecule has 4 fully saturated rings. The van der Waals surface area contributed by atoms with Crippen LogP contribution in [0, 0.1) is 5.92 Å². The highest BCUT2D eigenvalue weighted by atomic mass is 32.2. The van der Waals surface area contributed by atoms with Gasteiger partial charge in [0.1, 0.15) is 29.0 Å². The van der Waals surface area contributed by atoms with E-state index in [2.05, 4.69) is 30.6 Å². The fourth-order valence-corrected chi connectivity index (χ4v) is 8.49. The molecular weight excluding hydrogens is 707 g/mol. The fraction of sp³-hybridized carbons (Fsp3) is 0.667. The molecule has 2 saturated heterocycles. The number of aromatic nitrogens is 1. The number of sulfonamides is 1. The molecule has 290 valence electrons. The lowest BCUT2D eigenvalue weighted by Crippen LogP contribution is -2.58. The molecule has 16 nitrogen and oxygen atoms in total. The number of rotatable bonds is 7. The molecule has 17 heteroatoms. The van der Waals surface area contributed by atoms with E-state index in [9.17, 15) is 32.4 Å². The summed E-state index contributed by atoms with van der Waals surface area (Å²) in [4.78, 5) is 76.4. The van der Waals surface area contributed by atoms with Crippen LogP contribution in [0.2, 0.25) is 0 Å². The number of alkyl carbamates (subject to hydrolysis) is 1. The third kappa shape index (κ3) is 9.47. The van der Waals surface area contributed by atoms with Crippen LogP contribution in [-0.2, 0) is 33.9 Å². The molecule has 1 aromatic rings. The van der Waals surface area contributed by atoms with Gasteiger partial charge in [-0.15, -0.1) is 0 Å². The Kier molecular flexibility index (Phi) is 11.3. The first-order valence-electron chi connectivity index (χ1n) is 18.6. The van der Waals surface area contributed by atoms with Crippen LogP contribution in [0.1, 0.15) is 88.9 Å². The quantitative estimate of drug-likeness (QED) is 0.294. The average molecular weight is 758 g/mol. The third-order valence-electron chi connectivity index (χ3n) is 10.3. The highest BCUT2D eigenvalue weighted by Crippen LogP contribution is 2.46. The van der Waals surface area contributed by atoms with Gasteiger partial charge in [-0.2, -0.15) is 0 Å². The van der Waals surface area contributed by atoms with Crippen LogP contribution < -0.4 is 25.6 Å². The summed E-state index contributed by atoms with van der Waals surface area (Å²) in [7, 11) is -3.90. The highest BCUT2D eigenvalue weighted by molar-refractivity contribution is 7.91. The Labute approximate surface area is 310 Å². The molecule has 2 aliphatic carbocycles. The van der Waals surface area contributed by atoms with E-state index in [0.29, 0.717) is 64.0 Å². The Morgan fingerprint density at radius 2 is 1.79 bits per heavy atom. The second-order valence-electron chi connectivity index (χ2n) is 15.6. The lowest BCUT2D eigenvalue weighted by molar-refractivity contribution is -0.141. The standard InChI is InChI=1S/C36H51N7O9S/c1-35(2,3)52-34(48)39-27-10-8-6-4-5-7-9-24-20-36(24,33(47)41-53(49,50)26-12-13-26)40-31(45)28-19-25(22-43(28)32(27)46)38-30(44)23-11-14-29(37-21-23)42-15-17-51-18-16-42/h7,9,11,14,21,24-28H,4-6,8,10,12-13,15-20,22H2,1-3H3,(H,38,44)(H,39,48)(H,40,45)(H,41,47)/t24-,25-,27+,28+,36-/m1/s1. The van der Waals surface area contributed by atoms with Crippen LogP contribution >= 0.6 is 0 Å². The van der Waals surface area contributed by atoms with Gasteiger partial charge in [0, 0.05) is 37.8 Å². The number of nitrogens with zero attached hydrogens (tertiary/aromatic N) is 3. The molecule has 0 unspecified atom stereocenters. The number of ether oxygens (including phenoxy) is 2. The Morgan fingerprint density at radius 3 is 2.47 bits per heavy atom. The first kappa shape index (κ1) is 38.5. The van der Waals surface area contributed by atoms with Gasteiger partial charge < -0.3 is 35.2 Å². The van der Waals surface area contributed by atoms with Crippen molar-refractivity contribution in [1.82, 2.24) is 30.6 Å². The Balaban J connectivity index is 1.24. The maximum atomic E-state index is 14.3. The first-order valence-corrected chi connectivity index (χ1v) is 20.1. The molecule has 0 aromatic carbocycles. The minimum atomic E-state index is -3.90. The van der Waals surface area contributed by atoms with E-state index in [1.54, 1.807) is 32.9 Å². The largest absolute Gasteiger partial charge is 0.444 e. The van der Waals surface area contributed by atoms with Gasteiger partial charge in [-0.1, -0.05) is 25.0 Å². The van der Waals surface area contributed by atoms with Gasteiger partial charge in [0.05, 0.1) is 24.0 Å². The van der Waals surface area contributed by atoms with Crippen molar-refractivity contribution in [2.24, 2.45) is 5.92 Å². The zero-order valence-corrected chi connectivity index (χ0v) is 31.4. The summed E-state index contributed by atoms with van der Waals surface area (Å²) in [6, 6.07) is 0.590. The number of carbonyl (C=O) groups excluding carboxylic acids is 5. The maximum absolute atomic E-state index is 14.3. The van der Waals surface area contributed by atoms with E-state index in [1.165, 1.54) is 11.1 Å². The minimum absolute atomic E-state index is 0.0142. The number of hydrogen-bond acceptors (Lipinski definition) is 11. The number of carbonyl (C=O) groups is 5. The lowest BCUT2D eigenvalue weighted by atomic mass is 10.0. The van der Waals surface area contributed by atoms with Gasteiger partial charge in [-0.25, -0.2) is 18.2 Å². The van der Waals surface area contributed by atoms with Crippen LogP contribution in [0.3, 0.4) is 0 Å². The molecule has 2 saturated carbocycles. The van der Waals surface area contributed by atoms with Crippen molar-refractivity contribution in [1.29, 1.82) is 0 Å². The summed E-state index contributed by atoms with van der Waals surface area (Å²) in [5, 5.41) is 7.84. The summed E-state index contributed by atoms with van der Waals surface area (Å²) in [5.41, 5.74) is -2.04. The van der Waals surface area contributed by atoms with E-state index in [0.717, 1.165) is 18.7 Å². The zero-order chi connectivity index (χ0) is 38.0. The number of nitrogens with one attached hydrogen (secondary N) is 4. The molecule has 0 radical (unpaired) electrons. The van der Waals surface area contributed by atoms with E-state index >= 15 is 0 Å². The van der Waals surface area contributed by atoms with Crippen molar-refractivity contribution < 1.29 is 41.9 Å². The molecule has 0 spiro atoms. The summed E-state index contributed by atoms with van der Waals surface area (Å²) < 4.78 is 38.6. The van der Waals surface area contributed by atoms with Crippen molar-refractivity contribution in [3.8, 4) is 0 Å². The van der Waals surface area contributed by atoms with Gasteiger partial charge >= 0.3 is 6.09 Å². The number of anilines is 1. The lowest BCUT2D eigenvalue weighted by Gasteiger charge is -2.30. The van der Waals surface area contributed by atoms with Crippen LogP contribution in [0.4, 0.5) is 10.6 Å². The number of fused-ring (bicyclic) bond motifs is 2.